The molecule has 0 radical (unpaired) electrons. The van der Waals surface area contributed by atoms with Crippen LogP contribution in [-0.2, 0) is 16.0 Å². The third-order valence-corrected chi connectivity index (χ3v) is 2.19. The molecule has 0 fully saturated rings. The molecule has 7 nitrogen and oxygen atoms in total. The van der Waals surface area contributed by atoms with Crippen LogP contribution in [0.25, 0.3) is 0 Å². The van der Waals surface area contributed by atoms with Gasteiger partial charge in [0.15, 0.2) is 6.29 Å². The molecule has 0 heterocycles. The summed E-state index contributed by atoms with van der Waals surface area (Å²) in [6.07, 6.45) is -1.02. The zero-order valence-corrected chi connectivity index (χ0v) is 9.78. The Hall–Kier alpha value is -1.99. The van der Waals surface area contributed by atoms with E-state index in [9.17, 15) is 14.9 Å². The normalized spacial score (nSPS) is 13.7. The Bertz CT molecular complexity index is 430. The Morgan fingerprint density at radius 3 is 2.50 bits per heavy atom. The van der Waals surface area contributed by atoms with Crippen molar-refractivity contribution < 1.29 is 19.6 Å². The van der Waals surface area contributed by atoms with Crippen molar-refractivity contribution in [3.63, 3.8) is 0 Å². The molecule has 1 unspecified atom stereocenters. The summed E-state index contributed by atoms with van der Waals surface area (Å²) in [6, 6.07) is 4.80. The first-order valence-corrected chi connectivity index (χ1v) is 5.27. The van der Waals surface area contributed by atoms with Gasteiger partial charge in [0.2, 0.25) is 0 Å². The quantitative estimate of drug-likeness (QED) is 0.339. The van der Waals surface area contributed by atoms with E-state index in [-0.39, 0.29) is 12.1 Å². The molecule has 0 saturated heterocycles. The minimum Gasteiger partial charge on any atom is -0.435 e. The molecule has 98 valence electrons. The van der Waals surface area contributed by atoms with Gasteiger partial charge in [0.1, 0.15) is 6.04 Å². The van der Waals surface area contributed by atoms with E-state index < -0.39 is 23.2 Å². The standard InChI is InChI=1S/C11H14N2O5/c1-7(14)18-11(15)10(12)6-8-2-4-9(5-3-8)13(16)17/h2-5,7,10,14H,6,12H2,1H3/t7?,10-/m0/s1. The third kappa shape index (κ3) is 4.11. The molecular formula is C11H14N2O5. The number of nitro groups is 1. The molecule has 0 saturated carbocycles. The van der Waals surface area contributed by atoms with E-state index in [1.54, 1.807) is 0 Å². The van der Waals surface area contributed by atoms with E-state index >= 15 is 0 Å². The summed E-state index contributed by atoms with van der Waals surface area (Å²) < 4.78 is 4.53. The van der Waals surface area contributed by atoms with E-state index in [0.717, 1.165) is 0 Å². The highest BCUT2D eigenvalue weighted by Crippen LogP contribution is 2.13. The van der Waals surface area contributed by atoms with Crippen LogP contribution in [0.5, 0.6) is 0 Å². The van der Waals surface area contributed by atoms with E-state index in [2.05, 4.69) is 4.74 Å². The van der Waals surface area contributed by atoms with Gasteiger partial charge in [0.05, 0.1) is 4.92 Å². The summed E-state index contributed by atoms with van der Waals surface area (Å²) in [7, 11) is 0. The molecule has 0 aromatic heterocycles. The molecule has 3 N–H and O–H groups in total. The van der Waals surface area contributed by atoms with E-state index in [1.807, 2.05) is 0 Å². The highest BCUT2D eigenvalue weighted by Gasteiger charge is 2.17. The average molecular weight is 254 g/mol. The predicted molar refractivity (Wildman–Crippen MR) is 62.5 cm³/mol. The molecule has 0 aliphatic heterocycles. The number of hydrogen-bond donors (Lipinski definition) is 2. The number of nitrogens with zero attached hydrogens (tertiary/aromatic N) is 1. The maximum absolute atomic E-state index is 11.3. The number of aliphatic hydroxyl groups excluding tert-OH is 1. The fraction of sp³-hybridized carbons (Fsp3) is 0.364. The third-order valence-electron chi connectivity index (χ3n) is 2.19. The number of non-ortho nitro benzene ring substituents is 1. The van der Waals surface area contributed by atoms with Gasteiger partial charge in [-0.05, 0) is 18.9 Å². The van der Waals surface area contributed by atoms with E-state index in [0.29, 0.717) is 5.56 Å². The van der Waals surface area contributed by atoms with E-state index in [1.165, 1.54) is 31.2 Å². The lowest BCUT2D eigenvalue weighted by Gasteiger charge is -2.12. The molecule has 0 aliphatic rings. The smallest absolute Gasteiger partial charge is 0.325 e. The van der Waals surface area contributed by atoms with Crippen molar-refractivity contribution in [1.82, 2.24) is 0 Å². The zero-order chi connectivity index (χ0) is 13.7. The van der Waals surface area contributed by atoms with Gasteiger partial charge in [0, 0.05) is 12.1 Å². The Labute approximate surface area is 103 Å². The van der Waals surface area contributed by atoms with Gasteiger partial charge in [-0.2, -0.15) is 0 Å². The van der Waals surface area contributed by atoms with Gasteiger partial charge in [-0.1, -0.05) is 12.1 Å². The van der Waals surface area contributed by atoms with Gasteiger partial charge in [-0.15, -0.1) is 0 Å². The van der Waals surface area contributed by atoms with Gasteiger partial charge in [-0.25, -0.2) is 0 Å². The number of carbonyl (C=O) groups excluding carboxylic acids is 1. The number of aliphatic hydroxyl groups is 1. The van der Waals surface area contributed by atoms with Gasteiger partial charge >= 0.3 is 5.97 Å². The molecular weight excluding hydrogens is 240 g/mol. The maximum Gasteiger partial charge on any atom is 0.325 e. The van der Waals surface area contributed by atoms with Crippen molar-refractivity contribution in [1.29, 1.82) is 0 Å². The second-order valence-electron chi connectivity index (χ2n) is 3.77. The molecule has 18 heavy (non-hydrogen) atoms. The van der Waals surface area contributed by atoms with Crippen LogP contribution < -0.4 is 5.73 Å². The first-order valence-electron chi connectivity index (χ1n) is 5.27. The monoisotopic (exact) mass is 254 g/mol. The first kappa shape index (κ1) is 14.1. The fourth-order valence-electron chi connectivity index (χ4n) is 1.35. The molecule has 0 aliphatic carbocycles. The number of nitrogens with two attached hydrogens (primary N) is 1. The molecule has 0 amide bonds. The fourth-order valence-corrected chi connectivity index (χ4v) is 1.35. The summed E-state index contributed by atoms with van der Waals surface area (Å²) in [5.41, 5.74) is 6.22. The van der Waals surface area contributed by atoms with Crippen LogP contribution in [0.1, 0.15) is 12.5 Å². The van der Waals surface area contributed by atoms with Crippen molar-refractivity contribution in [2.24, 2.45) is 5.73 Å². The van der Waals surface area contributed by atoms with Crippen LogP contribution in [0.3, 0.4) is 0 Å². The molecule has 0 bridgehead atoms. The number of nitro benzene ring substituents is 1. The Morgan fingerprint density at radius 2 is 2.06 bits per heavy atom. The summed E-state index contributed by atoms with van der Waals surface area (Å²) >= 11 is 0. The lowest BCUT2D eigenvalue weighted by atomic mass is 10.1. The Morgan fingerprint density at radius 1 is 1.50 bits per heavy atom. The molecule has 7 heteroatoms. The Kier molecular flexibility index (Phi) is 4.75. The van der Waals surface area contributed by atoms with Crippen LogP contribution in [0.4, 0.5) is 5.69 Å². The van der Waals surface area contributed by atoms with Crippen LogP contribution in [-0.4, -0.2) is 28.3 Å². The lowest BCUT2D eigenvalue weighted by Crippen LogP contribution is -2.36. The minimum atomic E-state index is -1.21. The van der Waals surface area contributed by atoms with Crippen LogP contribution in [0.2, 0.25) is 0 Å². The maximum atomic E-state index is 11.3. The van der Waals surface area contributed by atoms with Crippen molar-refractivity contribution in [2.75, 3.05) is 0 Å². The minimum absolute atomic E-state index is 0.0288. The summed E-state index contributed by atoms with van der Waals surface area (Å²) in [6.45, 7) is 1.30. The second-order valence-corrected chi connectivity index (χ2v) is 3.77. The van der Waals surface area contributed by atoms with E-state index in [4.69, 9.17) is 10.8 Å². The molecule has 0 spiro atoms. The summed E-state index contributed by atoms with van der Waals surface area (Å²) in [4.78, 5) is 21.3. The van der Waals surface area contributed by atoms with Crippen molar-refractivity contribution in [3.8, 4) is 0 Å². The van der Waals surface area contributed by atoms with Crippen LogP contribution in [0.15, 0.2) is 24.3 Å². The van der Waals surface area contributed by atoms with Crippen LogP contribution >= 0.6 is 0 Å². The molecule has 2 atom stereocenters. The van der Waals surface area contributed by atoms with Crippen molar-refractivity contribution >= 4 is 11.7 Å². The Balaban J connectivity index is 2.61. The number of ether oxygens (including phenoxy) is 1. The summed E-state index contributed by atoms with van der Waals surface area (Å²) in [5.74, 6) is -0.719. The van der Waals surface area contributed by atoms with Gasteiger partial charge < -0.3 is 15.6 Å². The number of hydrogen-bond acceptors (Lipinski definition) is 6. The number of rotatable bonds is 5. The highest BCUT2D eigenvalue weighted by atomic mass is 16.6. The number of esters is 1. The largest absolute Gasteiger partial charge is 0.435 e. The first-order chi connectivity index (χ1) is 8.40. The highest BCUT2D eigenvalue weighted by molar-refractivity contribution is 5.76. The molecule has 1 rings (SSSR count). The van der Waals surface area contributed by atoms with Gasteiger partial charge in [-0.3, -0.25) is 14.9 Å². The predicted octanol–water partition coefficient (Wildman–Crippen LogP) is 0.346. The zero-order valence-electron chi connectivity index (χ0n) is 9.78. The molecule has 1 aromatic rings. The number of benzene rings is 1. The van der Waals surface area contributed by atoms with Crippen molar-refractivity contribution in [3.05, 3.63) is 39.9 Å². The average Bonchev–Trinajstić information content (AvgIpc) is 2.28. The van der Waals surface area contributed by atoms with Gasteiger partial charge in [0.25, 0.3) is 5.69 Å². The van der Waals surface area contributed by atoms with Crippen LogP contribution in [0, 0.1) is 10.1 Å². The van der Waals surface area contributed by atoms with Crippen molar-refractivity contribution in [2.45, 2.75) is 25.7 Å². The summed E-state index contributed by atoms with van der Waals surface area (Å²) in [5, 5.41) is 19.3. The number of carbonyl (C=O) groups is 1. The topological polar surface area (TPSA) is 116 Å². The lowest BCUT2D eigenvalue weighted by molar-refractivity contribution is -0.384. The second kappa shape index (κ2) is 6.08. The SMILES string of the molecule is CC(O)OC(=O)[C@@H](N)Cc1ccc([N+](=O)[O-])cc1. The molecule has 1 aromatic carbocycles.